The minimum absolute atomic E-state index is 0.0912. The van der Waals surface area contributed by atoms with Crippen molar-refractivity contribution in [1.82, 2.24) is 10.6 Å². The number of nitrogens with zero attached hydrogens (tertiary/aromatic N) is 1. The van der Waals surface area contributed by atoms with Gasteiger partial charge in [0.15, 0.2) is 5.96 Å². The molecule has 0 spiro atoms. The molecule has 0 heterocycles. The molecular formula is C17H21ClN4O2S. The summed E-state index contributed by atoms with van der Waals surface area (Å²) in [6.07, 6.45) is 0.765. The van der Waals surface area contributed by atoms with Crippen molar-refractivity contribution in [3.63, 3.8) is 0 Å². The molecule has 0 unspecified atom stereocenters. The summed E-state index contributed by atoms with van der Waals surface area (Å²) in [5, 5.41) is 12.2. The lowest BCUT2D eigenvalue weighted by atomic mass is 10.1. The Hall–Kier alpha value is -2.09. The van der Waals surface area contributed by atoms with Crippen LogP contribution in [-0.4, -0.2) is 28.0 Å². The maximum absolute atomic E-state index is 11.4. The van der Waals surface area contributed by atoms with Crippen LogP contribution in [0.5, 0.6) is 0 Å². The van der Waals surface area contributed by atoms with Crippen LogP contribution in [0.4, 0.5) is 0 Å². The minimum Gasteiger partial charge on any atom is -0.356 e. The molecule has 0 saturated carbocycles. The Balaban J connectivity index is 1.88. The molecule has 0 aliphatic carbocycles. The van der Waals surface area contributed by atoms with Crippen LogP contribution < -0.4 is 15.8 Å². The molecule has 0 amide bonds. The topological polar surface area (TPSA) is 96.6 Å². The number of nitrogens with two attached hydrogens (primary N) is 1. The van der Waals surface area contributed by atoms with Crippen LogP contribution in [0.3, 0.4) is 0 Å². The Kier molecular flexibility index (Phi) is 6.81. The number of aliphatic imine (C=N–C) groups is 1. The first kappa shape index (κ1) is 19.2. The van der Waals surface area contributed by atoms with Gasteiger partial charge in [-0.1, -0.05) is 41.9 Å². The maximum Gasteiger partial charge on any atom is 0.238 e. The maximum atomic E-state index is 11.4. The van der Waals surface area contributed by atoms with E-state index in [0.717, 1.165) is 22.6 Å². The highest BCUT2D eigenvalue weighted by atomic mass is 35.5. The summed E-state index contributed by atoms with van der Waals surface area (Å²) < 4.78 is 22.8. The summed E-state index contributed by atoms with van der Waals surface area (Å²) >= 11 is 6.13. The Morgan fingerprint density at radius 3 is 2.60 bits per heavy atom. The van der Waals surface area contributed by atoms with Crippen molar-refractivity contribution >= 4 is 27.6 Å². The van der Waals surface area contributed by atoms with Gasteiger partial charge in [0.2, 0.25) is 10.0 Å². The normalized spacial score (nSPS) is 12.0. The Morgan fingerprint density at radius 1 is 1.16 bits per heavy atom. The largest absolute Gasteiger partial charge is 0.356 e. The second kappa shape index (κ2) is 8.84. The molecule has 0 aromatic heterocycles. The highest BCUT2D eigenvalue weighted by Gasteiger charge is 2.08. The van der Waals surface area contributed by atoms with Gasteiger partial charge in [-0.2, -0.15) is 0 Å². The molecule has 6 nitrogen and oxygen atoms in total. The first-order valence-corrected chi connectivity index (χ1v) is 9.62. The molecule has 0 bridgehead atoms. The van der Waals surface area contributed by atoms with Crippen molar-refractivity contribution in [1.29, 1.82) is 0 Å². The van der Waals surface area contributed by atoms with E-state index in [1.807, 2.05) is 30.3 Å². The van der Waals surface area contributed by atoms with E-state index in [9.17, 15) is 8.42 Å². The number of benzene rings is 2. The fourth-order valence-corrected chi connectivity index (χ4v) is 3.07. The summed E-state index contributed by atoms with van der Waals surface area (Å²) in [5.74, 6) is 0.619. The van der Waals surface area contributed by atoms with Gasteiger partial charge in [-0.3, -0.25) is 4.99 Å². The average molecular weight is 381 g/mol. The Bertz CT molecular complexity index is 853. The standard InChI is InChI=1S/C17H21ClN4O2S/c1-20-17(21-10-9-14-6-2-3-8-16(14)18)22-12-13-5-4-7-15(11-13)25(19,23)24/h2-8,11H,9-10,12H2,1H3,(H2,19,23,24)(H2,20,21,22). The highest BCUT2D eigenvalue weighted by molar-refractivity contribution is 7.89. The van der Waals surface area contributed by atoms with Crippen molar-refractivity contribution < 1.29 is 8.42 Å². The number of hydrogen-bond acceptors (Lipinski definition) is 3. The van der Waals surface area contributed by atoms with E-state index in [4.69, 9.17) is 16.7 Å². The number of rotatable bonds is 6. The summed E-state index contributed by atoms with van der Waals surface area (Å²) in [6, 6.07) is 14.2. The SMILES string of the molecule is CN=C(NCCc1ccccc1Cl)NCc1cccc(S(N)(=O)=O)c1. The molecule has 4 N–H and O–H groups in total. The number of sulfonamides is 1. The molecule has 0 atom stereocenters. The van der Waals surface area contributed by atoms with Crippen LogP contribution in [0.1, 0.15) is 11.1 Å². The number of guanidine groups is 1. The zero-order valence-electron chi connectivity index (χ0n) is 13.9. The predicted molar refractivity (Wildman–Crippen MR) is 101 cm³/mol. The van der Waals surface area contributed by atoms with E-state index in [-0.39, 0.29) is 4.90 Å². The summed E-state index contributed by atoms with van der Waals surface area (Å²) in [6.45, 7) is 1.09. The van der Waals surface area contributed by atoms with Gasteiger partial charge in [-0.15, -0.1) is 0 Å². The second-order valence-electron chi connectivity index (χ2n) is 5.39. The Labute approximate surface area is 153 Å². The van der Waals surface area contributed by atoms with E-state index in [0.29, 0.717) is 19.0 Å². The zero-order valence-corrected chi connectivity index (χ0v) is 15.4. The van der Waals surface area contributed by atoms with E-state index >= 15 is 0 Å². The van der Waals surface area contributed by atoms with Crippen LogP contribution in [0.2, 0.25) is 5.02 Å². The van der Waals surface area contributed by atoms with Crippen molar-refractivity contribution in [2.24, 2.45) is 10.1 Å². The lowest BCUT2D eigenvalue weighted by molar-refractivity contribution is 0.597. The van der Waals surface area contributed by atoms with Crippen molar-refractivity contribution in [2.45, 2.75) is 17.9 Å². The fraction of sp³-hybridized carbons (Fsp3) is 0.235. The van der Waals surface area contributed by atoms with Crippen LogP contribution >= 0.6 is 11.6 Å². The van der Waals surface area contributed by atoms with Crippen LogP contribution in [-0.2, 0) is 23.0 Å². The molecule has 0 fully saturated rings. The van der Waals surface area contributed by atoms with Gasteiger partial charge in [0.1, 0.15) is 0 Å². The number of nitrogens with one attached hydrogen (secondary N) is 2. The molecule has 2 aromatic carbocycles. The smallest absolute Gasteiger partial charge is 0.238 e. The summed E-state index contributed by atoms with van der Waals surface area (Å²) in [7, 11) is -2.03. The van der Waals surface area contributed by atoms with Gasteiger partial charge < -0.3 is 10.6 Å². The molecule has 134 valence electrons. The fourth-order valence-electron chi connectivity index (χ4n) is 2.26. The van der Waals surface area contributed by atoms with E-state index in [1.54, 1.807) is 19.2 Å². The third kappa shape index (κ3) is 6.04. The minimum atomic E-state index is -3.70. The van der Waals surface area contributed by atoms with Crippen LogP contribution in [0.15, 0.2) is 58.4 Å². The molecule has 2 rings (SSSR count). The summed E-state index contributed by atoms with van der Waals surface area (Å²) in [5.41, 5.74) is 1.86. The van der Waals surface area contributed by atoms with Crippen molar-refractivity contribution in [3.05, 3.63) is 64.7 Å². The van der Waals surface area contributed by atoms with Crippen LogP contribution in [0.25, 0.3) is 0 Å². The molecule has 8 heteroatoms. The molecule has 0 aliphatic heterocycles. The van der Waals surface area contributed by atoms with Gasteiger partial charge in [-0.25, -0.2) is 13.6 Å². The lowest BCUT2D eigenvalue weighted by Gasteiger charge is -2.13. The van der Waals surface area contributed by atoms with Gasteiger partial charge in [0.05, 0.1) is 4.90 Å². The molecule has 25 heavy (non-hydrogen) atoms. The molecule has 0 aliphatic rings. The van der Waals surface area contributed by atoms with Gasteiger partial charge in [0.25, 0.3) is 0 Å². The van der Waals surface area contributed by atoms with E-state index < -0.39 is 10.0 Å². The van der Waals surface area contributed by atoms with E-state index in [1.165, 1.54) is 6.07 Å². The highest BCUT2D eigenvalue weighted by Crippen LogP contribution is 2.14. The third-order valence-corrected chi connectivity index (χ3v) is 4.83. The third-order valence-electron chi connectivity index (χ3n) is 3.56. The van der Waals surface area contributed by atoms with Gasteiger partial charge in [-0.05, 0) is 35.7 Å². The zero-order chi connectivity index (χ0) is 18.3. The first-order chi connectivity index (χ1) is 11.9. The quantitative estimate of drug-likeness (QED) is 0.526. The van der Waals surface area contributed by atoms with Crippen molar-refractivity contribution in [3.8, 4) is 0 Å². The lowest BCUT2D eigenvalue weighted by Crippen LogP contribution is -2.37. The summed E-state index contributed by atoms with van der Waals surface area (Å²) in [4.78, 5) is 4.24. The second-order valence-corrected chi connectivity index (χ2v) is 7.35. The Morgan fingerprint density at radius 2 is 1.92 bits per heavy atom. The first-order valence-electron chi connectivity index (χ1n) is 7.70. The van der Waals surface area contributed by atoms with Crippen LogP contribution in [0, 0.1) is 0 Å². The average Bonchev–Trinajstić information content (AvgIpc) is 2.59. The number of hydrogen-bond donors (Lipinski definition) is 3. The van der Waals surface area contributed by atoms with E-state index in [2.05, 4.69) is 15.6 Å². The predicted octanol–water partition coefficient (Wildman–Crippen LogP) is 1.90. The van der Waals surface area contributed by atoms with Gasteiger partial charge >= 0.3 is 0 Å². The van der Waals surface area contributed by atoms with Crippen molar-refractivity contribution in [2.75, 3.05) is 13.6 Å². The molecular weight excluding hydrogens is 360 g/mol. The number of halogens is 1. The van der Waals surface area contributed by atoms with Gasteiger partial charge in [0, 0.05) is 25.2 Å². The monoisotopic (exact) mass is 380 g/mol. The molecule has 0 radical (unpaired) electrons. The number of primary sulfonamides is 1. The molecule has 2 aromatic rings. The molecule has 0 saturated heterocycles.